The van der Waals surface area contributed by atoms with Gasteiger partial charge in [0.15, 0.2) is 9.84 Å². The van der Waals surface area contributed by atoms with Gasteiger partial charge in [-0.1, -0.05) is 11.6 Å². The summed E-state index contributed by atoms with van der Waals surface area (Å²) in [4.78, 5) is 15.8. The van der Waals surface area contributed by atoms with Crippen molar-refractivity contribution in [3.05, 3.63) is 35.9 Å². The van der Waals surface area contributed by atoms with E-state index in [0.717, 1.165) is 0 Å². The fourth-order valence-corrected chi connectivity index (χ4v) is 4.41. The van der Waals surface area contributed by atoms with Crippen molar-refractivity contribution in [2.75, 3.05) is 16.8 Å². The van der Waals surface area contributed by atoms with E-state index in [1.807, 2.05) is 0 Å². The van der Waals surface area contributed by atoms with Gasteiger partial charge < -0.3 is 15.7 Å². The summed E-state index contributed by atoms with van der Waals surface area (Å²) in [6, 6.07) is 3.34. The van der Waals surface area contributed by atoms with Gasteiger partial charge in [-0.25, -0.2) is 22.9 Å². The van der Waals surface area contributed by atoms with E-state index in [1.54, 1.807) is 12.1 Å². The van der Waals surface area contributed by atoms with Crippen molar-refractivity contribution in [2.45, 2.75) is 12.1 Å². The molecule has 11 heteroatoms. The van der Waals surface area contributed by atoms with Gasteiger partial charge in [-0.3, -0.25) is 0 Å². The number of aliphatic hydroxyl groups is 1. The van der Waals surface area contributed by atoms with Crippen molar-refractivity contribution in [2.24, 2.45) is 0 Å². The van der Waals surface area contributed by atoms with E-state index < -0.39 is 28.0 Å². The second-order valence-electron chi connectivity index (χ2n) is 5.36. The summed E-state index contributed by atoms with van der Waals surface area (Å²) >= 11 is 6.16. The maximum absolute atomic E-state index is 12.0. The number of carbonyl (C=O) groups excluding carboxylic acids is 1. The first-order chi connectivity index (χ1) is 11.3. The van der Waals surface area contributed by atoms with E-state index in [1.165, 1.54) is 23.4 Å². The van der Waals surface area contributed by atoms with Crippen LogP contribution < -0.4 is 10.6 Å². The molecule has 1 aromatic heterocycles. The second kappa shape index (κ2) is 6.38. The molecule has 0 bridgehead atoms. The van der Waals surface area contributed by atoms with Crippen LogP contribution in [0.25, 0.3) is 5.69 Å². The van der Waals surface area contributed by atoms with Crippen LogP contribution in [-0.4, -0.2) is 58.0 Å². The number of halogens is 1. The van der Waals surface area contributed by atoms with E-state index in [9.17, 15) is 18.3 Å². The molecule has 3 rings (SSSR count). The molecule has 0 aliphatic carbocycles. The van der Waals surface area contributed by atoms with Gasteiger partial charge >= 0.3 is 6.03 Å². The number of nitrogens with zero attached hydrogens (tertiary/aromatic N) is 3. The van der Waals surface area contributed by atoms with Crippen LogP contribution in [0.2, 0.25) is 5.02 Å². The van der Waals surface area contributed by atoms with Gasteiger partial charge in [-0.2, -0.15) is 5.10 Å². The summed E-state index contributed by atoms with van der Waals surface area (Å²) in [6.45, 7) is 0. The molecular formula is C13H14ClN5O4S. The minimum absolute atomic E-state index is 0.284. The van der Waals surface area contributed by atoms with Crippen molar-refractivity contribution >= 4 is 33.2 Å². The number of urea groups is 1. The summed E-state index contributed by atoms with van der Waals surface area (Å²) in [7, 11) is -3.33. The van der Waals surface area contributed by atoms with Crippen molar-refractivity contribution in [3.8, 4) is 5.69 Å². The van der Waals surface area contributed by atoms with Crippen LogP contribution in [0.1, 0.15) is 0 Å². The number of hydrogen-bond acceptors (Lipinski definition) is 6. The van der Waals surface area contributed by atoms with E-state index in [2.05, 4.69) is 20.7 Å². The van der Waals surface area contributed by atoms with Crippen LogP contribution >= 0.6 is 11.6 Å². The summed E-state index contributed by atoms with van der Waals surface area (Å²) in [5.41, 5.74) is 1.01. The molecule has 3 N–H and O–H groups in total. The maximum Gasteiger partial charge on any atom is 0.319 e. The zero-order valence-electron chi connectivity index (χ0n) is 12.3. The Morgan fingerprint density at radius 1 is 1.38 bits per heavy atom. The third-order valence-corrected chi connectivity index (χ3v) is 5.53. The molecule has 1 aliphatic heterocycles. The molecule has 1 fully saturated rings. The lowest BCUT2D eigenvalue weighted by atomic mass is 10.2. The topological polar surface area (TPSA) is 126 Å². The molecule has 2 aromatic rings. The highest BCUT2D eigenvalue weighted by molar-refractivity contribution is 7.91. The van der Waals surface area contributed by atoms with Gasteiger partial charge in [0, 0.05) is 5.69 Å². The Labute approximate surface area is 142 Å². The molecule has 9 nitrogen and oxygen atoms in total. The number of carbonyl (C=O) groups is 1. The first kappa shape index (κ1) is 16.7. The Bertz CT molecular complexity index is 855. The van der Waals surface area contributed by atoms with Gasteiger partial charge in [-0.15, -0.1) is 0 Å². The molecule has 0 unspecified atom stereocenters. The Kier molecular flexibility index (Phi) is 4.43. The van der Waals surface area contributed by atoms with E-state index in [4.69, 9.17) is 11.6 Å². The predicted molar refractivity (Wildman–Crippen MR) is 87.0 cm³/mol. The van der Waals surface area contributed by atoms with Crippen LogP contribution in [0.3, 0.4) is 0 Å². The molecule has 2 amide bonds. The standard InChI is InChI=1S/C13H14ClN5O4S/c14-9-3-8(1-2-11(9)19-7-15-6-16-19)17-13(21)18-10-4-24(22,23)5-12(10)20/h1-3,6-7,10,12,20H,4-5H2,(H2,17,18,21)/t10-,12-/m1/s1. The monoisotopic (exact) mass is 371 g/mol. The van der Waals surface area contributed by atoms with Crippen LogP contribution in [0.4, 0.5) is 10.5 Å². The first-order valence-corrected chi connectivity index (χ1v) is 9.14. The Balaban J connectivity index is 1.66. The second-order valence-corrected chi connectivity index (χ2v) is 7.92. The maximum atomic E-state index is 12.0. The highest BCUT2D eigenvalue weighted by atomic mass is 35.5. The first-order valence-electron chi connectivity index (χ1n) is 6.94. The lowest BCUT2D eigenvalue weighted by Crippen LogP contribution is -2.44. The zero-order chi connectivity index (χ0) is 17.3. The van der Waals surface area contributed by atoms with Crippen molar-refractivity contribution in [1.82, 2.24) is 20.1 Å². The number of anilines is 1. The molecule has 2 atom stereocenters. The van der Waals surface area contributed by atoms with Crippen molar-refractivity contribution in [3.63, 3.8) is 0 Å². The van der Waals surface area contributed by atoms with Gasteiger partial charge in [0.25, 0.3) is 0 Å². The largest absolute Gasteiger partial charge is 0.390 e. The summed E-state index contributed by atoms with van der Waals surface area (Å²) in [5.74, 6) is -0.635. The molecule has 1 saturated heterocycles. The van der Waals surface area contributed by atoms with E-state index >= 15 is 0 Å². The third kappa shape index (κ3) is 3.66. The lowest BCUT2D eigenvalue weighted by molar-refractivity contribution is 0.167. The normalized spacial score (nSPS) is 22.2. The smallest absolute Gasteiger partial charge is 0.319 e. The van der Waals surface area contributed by atoms with Gasteiger partial charge in [0.05, 0.1) is 34.4 Å². The van der Waals surface area contributed by atoms with Crippen molar-refractivity contribution < 1.29 is 18.3 Å². The number of rotatable bonds is 3. The van der Waals surface area contributed by atoms with Crippen LogP contribution in [0, 0.1) is 0 Å². The Morgan fingerprint density at radius 2 is 2.17 bits per heavy atom. The number of nitrogens with one attached hydrogen (secondary N) is 2. The molecule has 128 valence electrons. The predicted octanol–water partition coefficient (Wildman–Crippen LogP) is 0.200. The number of aliphatic hydroxyl groups excluding tert-OH is 1. The third-order valence-electron chi connectivity index (χ3n) is 3.51. The molecule has 1 aromatic carbocycles. The van der Waals surface area contributed by atoms with Gasteiger partial charge in [-0.05, 0) is 18.2 Å². The summed E-state index contributed by atoms with van der Waals surface area (Å²) < 4.78 is 24.3. The number of aromatic nitrogens is 3. The Morgan fingerprint density at radius 3 is 2.75 bits per heavy atom. The minimum atomic E-state index is -3.33. The fraction of sp³-hybridized carbons (Fsp3) is 0.308. The highest BCUT2D eigenvalue weighted by Gasteiger charge is 2.37. The number of hydrogen-bond donors (Lipinski definition) is 3. The number of sulfone groups is 1. The van der Waals surface area contributed by atoms with E-state index in [0.29, 0.717) is 16.4 Å². The molecule has 24 heavy (non-hydrogen) atoms. The highest BCUT2D eigenvalue weighted by Crippen LogP contribution is 2.23. The Hall–Kier alpha value is -2.17. The van der Waals surface area contributed by atoms with Crippen LogP contribution in [-0.2, 0) is 9.84 Å². The average Bonchev–Trinajstić information content (AvgIpc) is 3.07. The average molecular weight is 372 g/mol. The minimum Gasteiger partial charge on any atom is -0.390 e. The molecule has 1 aliphatic rings. The zero-order valence-corrected chi connectivity index (χ0v) is 13.8. The quantitative estimate of drug-likeness (QED) is 0.707. The van der Waals surface area contributed by atoms with Crippen LogP contribution in [0.15, 0.2) is 30.9 Å². The molecule has 0 radical (unpaired) electrons. The van der Waals surface area contributed by atoms with E-state index in [-0.39, 0.29) is 11.5 Å². The SMILES string of the molecule is O=C(Nc1ccc(-n2cncn2)c(Cl)c1)N[C@@H]1CS(=O)(=O)C[C@H]1O. The van der Waals surface area contributed by atoms with Crippen LogP contribution in [0.5, 0.6) is 0 Å². The van der Waals surface area contributed by atoms with Gasteiger partial charge in [0.2, 0.25) is 0 Å². The van der Waals surface area contributed by atoms with Gasteiger partial charge in [0.1, 0.15) is 12.7 Å². The lowest BCUT2D eigenvalue weighted by Gasteiger charge is -2.16. The fourth-order valence-electron chi connectivity index (χ4n) is 2.41. The summed E-state index contributed by atoms with van der Waals surface area (Å²) in [6.07, 6.45) is 1.75. The molecule has 2 heterocycles. The molecular weight excluding hydrogens is 358 g/mol. The number of benzene rings is 1. The number of amides is 2. The molecule has 0 spiro atoms. The summed E-state index contributed by atoms with van der Waals surface area (Å²) in [5, 5.41) is 19.0. The van der Waals surface area contributed by atoms with Crippen molar-refractivity contribution in [1.29, 1.82) is 0 Å². The molecule has 0 saturated carbocycles.